The second-order valence-electron chi connectivity index (χ2n) is 5.98. The third kappa shape index (κ3) is 3.73. The first kappa shape index (κ1) is 15.3. The molecule has 1 aliphatic carbocycles. The van der Waals surface area contributed by atoms with Crippen LogP contribution in [-0.4, -0.2) is 23.8 Å². The van der Waals surface area contributed by atoms with Crippen LogP contribution in [0.3, 0.4) is 0 Å². The lowest BCUT2D eigenvalue weighted by Crippen LogP contribution is -2.47. The highest BCUT2D eigenvalue weighted by molar-refractivity contribution is 7.10. The Kier molecular flexibility index (Phi) is 5.05. The highest BCUT2D eigenvalue weighted by atomic mass is 32.1. The van der Waals surface area contributed by atoms with Gasteiger partial charge in [-0.25, -0.2) is 4.79 Å². The zero-order chi connectivity index (χ0) is 14.6. The molecule has 2 unspecified atom stereocenters. The third-order valence-electron chi connectivity index (χ3n) is 4.31. The smallest absolute Gasteiger partial charge is 0.315 e. The highest BCUT2D eigenvalue weighted by Gasteiger charge is 2.35. The maximum absolute atomic E-state index is 11.8. The second-order valence-corrected chi connectivity index (χ2v) is 6.98. The maximum Gasteiger partial charge on any atom is 0.315 e. The molecule has 1 saturated carbocycles. The Bertz CT molecular complexity index is 460. The Morgan fingerprint density at radius 3 is 2.95 bits per heavy atom. The van der Waals surface area contributed by atoms with Crippen molar-refractivity contribution < 1.29 is 9.90 Å². The van der Waals surface area contributed by atoms with Crippen molar-refractivity contribution in [2.75, 3.05) is 6.54 Å². The highest BCUT2D eigenvalue weighted by Crippen LogP contribution is 2.35. The van der Waals surface area contributed by atoms with Gasteiger partial charge >= 0.3 is 6.03 Å². The van der Waals surface area contributed by atoms with Crippen molar-refractivity contribution in [1.82, 2.24) is 10.6 Å². The van der Waals surface area contributed by atoms with Crippen LogP contribution in [0.25, 0.3) is 0 Å². The van der Waals surface area contributed by atoms with Gasteiger partial charge in [0.2, 0.25) is 0 Å². The minimum absolute atomic E-state index is 0.156. The summed E-state index contributed by atoms with van der Waals surface area (Å²) >= 11 is 1.65. The molecular formula is C15H24N2O2S. The number of hydrogen-bond acceptors (Lipinski definition) is 3. The van der Waals surface area contributed by atoms with Crippen molar-refractivity contribution >= 4 is 17.4 Å². The predicted molar refractivity (Wildman–Crippen MR) is 81.9 cm³/mol. The van der Waals surface area contributed by atoms with E-state index in [1.165, 1.54) is 10.4 Å². The number of carbonyl (C=O) groups is 1. The molecule has 0 radical (unpaired) electrons. The monoisotopic (exact) mass is 296 g/mol. The fraction of sp³-hybridized carbons (Fsp3) is 0.667. The lowest BCUT2D eigenvalue weighted by molar-refractivity contribution is 0.00309. The summed E-state index contributed by atoms with van der Waals surface area (Å²) in [6.45, 7) is 5.20. The quantitative estimate of drug-likeness (QED) is 0.800. The molecule has 2 rings (SSSR count). The number of aliphatic hydroxyl groups is 1. The summed E-state index contributed by atoms with van der Waals surface area (Å²) in [4.78, 5) is 13.0. The molecule has 112 valence electrons. The van der Waals surface area contributed by atoms with Gasteiger partial charge in [0.25, 0.3) is 0 Å². The maximum atomic E-state index is 11.8. The van der Waals surface area contributed by atoms with Gasteiger partial charge in [-0.15, -0.1) is 11.3 Å². The van der Waals surface area contributed by atoms with Crippen molar-refractivity contribution in [2.24, 2.45) is 5.41 Å². The van der Waals surface area contributed by atoms with E-state index in [4.69, 9.17) is 0 Å². The van der Waals surface area contributed by atoms with Crippen LogP contribution in [-0.2, 0) is 6.54 Å². The van der Waals surface area contributed by atoms with E-state index >= 15 is 0 Å². The van der Waals surface area contributed by atoms with Gasteiger partial charge in [-0.1, -0.05) is 19.8 Å². The summed E-state index contributed by atoms with van der Waals surface area (Å²) < 4.78 is 0. The van der Waals surface area contributed by atoms with Crippen LogP contribution in [0.2, 0.25) is 0 Å². The molecule has 1 aliphatic rings. The van der Waals surface area contributed by atoms with Crippen LogP contribution >= 0.6 is 11.3 Å². The lowest BCUT2D eigenvalue weighted by Gasteiger charge is -2.38. The van der Waals surface area contributed by atoms with Gasteiger partial charge in [0, 0.05) is 16.8 Å². The molecule has 1 aromatic heterocycles. The summed E-state index contributed by atoms with van der Waals surface area (Å²) in [5.74, 6) is 0. The third-order valence-corrected chi connectivity index (χ3v) is 5.33. The van der Waals surface area contributed by atoms with Gasteiger partial charge < -0.3 is 15.7 Å². The normalized spacial score (nSPS) is 26.2. The van der Waals surface area contributed by atoms with Crippen molar-refractivity contribution in [3.05, 3.63) is 21.9 Å². The Morgan fingerprint density at radius 1 is 1.50 bits per heavy atom. The minimum Gasteiger partial charge on any atom is -0.392 e. The SMILES string of the molecule is Cc1ccsc1CNC(=O)NCC1(C)CCCCC1O. The summed E-state index contributed by atoms with van der Waals surface area (Å²) in [5.41, 5.74) is 1.03. The lowest BCUT2D eigenvalue weighted by atomic mass is 9.73. The molecule has 0 saturated heterocycles. The van der Waals surface area contributed by atoms with Gasteiger partial charge in [-0.05, 0) is 36.8 Å². The molecule has 1 heterocycles. The Hall–Kier alpha value is -1.07. The van der Waals surface area contributed by atoms with E-state index in [0.29, 0.717) is 13.1 Å². The second kappa shape index (κ2) is 6.59. The first-order chi connectivity index (χ1) is 9.51. The predicted octanol–water partition coefficient (Wildman–Crippen LogP) is 2.80. The summed E-state index contributed by atoms with van der Waals surface area (Å²) in [5, 5.41) is 17.9. The van der Waals surface area contributed by atoms with Gasteiger partial charge in [-0.3, -0.25) is 0 Å². The largest absolute Gasteiger partial charge is 0.392 e. The van der Waals surface area contributed by atoms with Gasteiger partial charge in [-0.2, -0.15) is 0 Å². The zero-order valence-electron chi connectivity index (χ0n) is 12.2. The van der Waals surface area contributed by atoms with E-state index in [9.17, 15) is 9.90 Å². The van der Waals surface area contributed by atoms with Gasteiger partial charge in [0.05, 0.1) is 12.6 Å². The molecule has 20 heavy (non-hydrogen) atoms. The van der Waals surface area contributed by atoms with Crippen LogP contribution in [0.1, 0.15) is 43.0 Å². The van der Waals surface area contributed by atoms with Crippen molar-refractivity contribution in [3.8, 4) is 0 Å². The molecule has 5 heteroatoms. The molecule has 0 spiro atoms. The summed E-state index contributed by atoms with van der Waals surface area (Å²) in [6, 6.07) is 1.90. The average molecular weight is 296 g/mol. The van der Waals surface area contributed by atoms with Gasteiger partial charge in [0.1, 0.15) is 0 Å². The van der Waals surface area contributed by atoms with E-state index < -0.39 is 0 Å². The van der Waals surface area contributed by atoms with E-state index in [0.717, 1.165) is 25.7 Å². The number of amides is 2. The average Bonchev–Trinajstić information content (AvgIpc) is 2.83. The van der Waals surface area contributed by atoms with Crippen LogP contribution < -0.4 is 10.6 Å². The van der Waals surface area contributed by atoms with Crippen LogP contribution in [0.4, 0.5) is 4.79 Å². The molecule has 4 nitrogen and oxygen atoms in total. The van der Waals surface area contributed by atoms with Crippen molar-refractivity contribution in [2.45, 2.75) is 52.2 Å². The number of aliphatic hydroxyl groups excluding tert-OH is 1. The van der Waals surface area contributed by atoms with Gasteiger partial charge in [0.15, 0.2) is 0 Å². The van der Waals surface area contributed by atoms with Crippen LogP contribution in [0, 0.1) is 12.3 Å². The molecule has 2 amide bonds. The fourth-order valence-electron chi connectivity index (χ4n) is 2.68. The standard InChI is InChI=1S/C15H24N2O2S/c1-11-6-8-20-12(11)9-16-14(19)17-10-15(2)7-4-3-5-13(15)18/h6,8,13,18H,3-5,7,9-10H2,1-2H3,(H2,16,17,19). The van der Waals surface area contributed by atoms with Crippen LogP contribution in [0.5, 0.6) is 0 Å². The number of rotatable bonds is 4. The molecule has 0 aromatic carbocycles. The number of carbonyl (C=O) groups excluding carboxylic acids is 1. The molecule has 3 N–H and O–H groups in total. The Balaban J connectivity index is 1.76. The number of hydrogen-bond donors (Lipinski definition) is 3. The Labute approximate surface area is 124 Å². The molecule has 0 aliphatic heterocycles. The zero-order valence-corrected chi connectivity index (χ0v) is 13.1. The van der Waals surface area contributed by atoms with Crippen molar-refractivity contribution in [1.29, 1.82) is 0 Å². The Morgan fingerprint density at radius 2 is 2.30 bits per heavy atom. The fourth-order valence-corrected chi connectivity index (χ4v) is 3.52. The number of nitrogens with one attached hydrogen (secondary N) is 2. The van der Waals surface area contributed by atoms with Crippen LogP contribution in [0.15, 0.2) is 11.4 Å². The molecular weight excluding hydrogens is 272 g/mol. The molecule has 1 aromatic rings. The van der Waals surface area contributed by atoms with E-state index in [-0.39, 0.29) is 17.6 Å². The number of aryl methyl sites for hydroxylation is 1. The molecule has 0 bridgehead atoms. The first-order valence-corrected chi connectivity index (χ1v) is 8.12. The molecule has 1 fully saturated rings. The van der Waals surface area contributed by atoms with E-state index in [1.807, 2.05) is 12.3 Å². The van der Waals surface area contributed by atoms with E-state index in [1.54, 1.807) is 11.3 Å². The molecule has 2 atom stereocenters. The topological polar surface area (TPSA) is 61.4 Å². The summed E-state index contributed by atoms with van der Waals surface area (Å²) in [7, 11) is 0. The number of urea groups is 1. The van der Waals surface area contributed by atoms with E-state index in [2.05, 4.69) is 23.6 Å². The summed E-state index contributed by atoms with van der Waals surface area (Å²) in [6.07, 6.45) is 3.72. The number of thiophene rings is 1. The first-order valence-electron chi connectivity index (χ1n) is 7.24. The minimum atomic E-state index is -0.309. The van der Waals surface area contributed by atoms with Crippen molar-refractivity contribution in [3.63, 3.8) is 0 Å².